The van der Waals surface area contributed by atoms with Gasteiger partial charge in [-0.2, -0.15) is 5.26 Å². The molecule has 0 amide bonds. The second-order valence-corrected chi connectivity index (χ2v) is 5.03. The smallest absolute Gasteiger partial charge is 0.148 e. The van der Waals surface area contributed by atoms with Crippen molar-refractivity contribution in [3.8, 4) is 6.07 Å². The van der Waals surface area contributed by atoms with Crippen molar-refractivity contribution >= 4 is 23.1 Å². The Morgan fingerprint density at radius 1 is 1.26 bits per heavy atom. The van der Waals surface area contributed by atoms with E-state index in [9.17, 15) is 5.26 Å². The number of hydrogen-bond acceptors (Lipinski definition) is 3. The van der Waals surface area contributed by atoms with Crippen molar-refractivity contribution in [2.45, 2.75) is 19.3 Å². The van der Waals surface area contributed by atoms with E-state index in [-0.39, 0.29) is 0 Å². The maximum Gasteiger partial charge on any atom is 0.148 e. The van der Waals surface area contributed by atoms with E-state index in [0.29, 0.717) is 16.4 Å². The molecule has 0 unspecified atom stereocenters. The molecule has 1 aromatic heterocycles. The highest BCUT2D eigenvalue weighted by molar-refractivity contribution is 6.30. The van der Waals surface area contributed by atoms with Gasteiger partial charge in [0.15, 0.2) is 0 Å². The molecule has 19 heavy (non-hydrogen) atoms. The number of hydrogen-bond donors (Lipinski definition) is 1. The van der Waals surface area contributed by atoms with Crippen molar-refractivity contribution in [2.24, 2.45) is 0 Å². The summed E-state index contributed by atoms with van der Waals surface area (Å²) in [4.78, 5) is 4.57. The van der Waals surface area contributed by atoms with Crippen molar-refractivity contribution in [1.29, 1.82) is 5.26 Å². The summed E-state index contributed by atoms with van der Waals surface area (Å²) in [5.41, 5.74) is 3.73. The third-order valence-electron chi connectivity index (χ3n) is 3.26. The molecule has 0 spiro atoms. The minimum Gasteiger partial charge on any atom is -0.339 e. The van der Waals surface area contributed by atoms with Gasteiger partial charge in [-0.3, -0.25) is 0 Å². The van der Waals surface area contributed by atoms with Crippen molar-refractivity contribution in [2.75, 3.05) is 5.32 Å². The fourth-order valence-electron chi connectivity index (χ4n) is 2.36. The second-order valence-electron chi connectivity index (χ2n) is 4.59. The molecule has 1 N–H and O–H groups in total. The van der Waals surface area contributed by atoms with Crippen molar-refractivity contribution in [3.63, 3.8) is 0 Å². The molecule has 94 valence electrons. The Morgan fingerprint density at radius 2 is 2.16 bits per heavy atom. The van der Waals surface area contributed by atoms with E-state index >= 15 is 0 Å². The van der Waals surface area contributed by atoms with Gasteiger partial charge >= 0.3 is 0 Å². The summed E-state index contributed by atoms with van der Waals surface area (Å²) >= 11 is 5.95. The summed E-state index contributed by atoms with van der Waals surface area (Å²) in [5.74, 6) is 0.616. The molecule has 0 atom stereocenters. The Hall–Kier alpha value is -2.05. The largest absolute Gasteiger partial charge is 0.339 e. The SMILES string of the molecule is N#Cc1cc2c(nc1Nc1cccc(Cl)c1)CCC2. The van der Waals surface area contributed by atoms with Gasteiger partial charge in [-0.25, -0.2) is 4.98 Å². The maximum absolute atomic E-state index is 9.23. The number of rotatable bonds is 2. The molecule has 0 radical (unpaired) electrons. The van der Waals surface area contributed by atoms with Crippen LogP contribution < -0.4 is 5.32 Å². The molecule has 0 saturated carbocycles. The van der Waals surface area contributed by atoms with Crippen LogP contribution in [0.5, 0.6) is 0 Å². The molecule has 1 heterocycles. The van der Waals surface area contributed by atoms with Crippen LogP contribution in [0, 0.1) is 11.3 Å². The first kappa shape index (κ1) is 12.0. The second kappa shape index (κ2) is 4.91. The van der Waals surface area contributed by atoms with E-state index in [4.69, 9.17) is 11.6 Å². The molecule has 1 aromatic carbocycles. The lowest BCUT2D eigenvalue weighted by Crippen LogP contribution is -2.00. The minimum absolute atomic E-state index is 0.584. The maximum atomic E-state index is 9.23. The van der Waals surface area contributed by atoms with E-state index in [1.165, 1.54) is 5.56 Å². The van der Waals surface area contributed by atoms with Crippen LogP contribution in [0.3, 0.4) is 0 Å². The Kier molecular flexibility index (Phi) is 3.10. The summed E-state index contributed by atoms with van der Waals surface area (Å²) in [6, 6.07) is 11.5. The van der Waals surface area contributed by atoms with E-state index in [1.807, 2.05) is 30.3 Å². The van der Waals surface area contributed by atoms with Gasteiger partial charge in [0.05, 0.1) is 5.56 Å². The highest BCUT2D eigenvalue weighted by Gasteiger charge is 2.16. The molecular weight excluding hydrogens is 258 g/mol. The highest BCUT2D eigenvalue weighted by Crippen LogP contribution is 2.27. The number of nitrogens with one attached hydrogen (secondary N) is 1. The average Bonchev–Trinajstić information content (AvgIpc) is 2.85. The predicted octanol–water partition coefficient (Wildman–Crippen LogP) is 3.84. The number of aryl methyl sites for hydroxylation is 2. The predicted molar refractivity (Wildman–Crippen MR) is 75.7 cm³/mol. The molecule has 3 nitrogen and oxygen atoms in total. The first-order valence-electron chi connectivity index (χ1n) is 6.22. The number of aromatic nitrogens is 1. The topological polar surface area (TPSA) is 48.7 Å². The van der Waals surface area contributed by atoms with Gasteiger partial charge in [0.1, 0.15) is 11.9 Å². The van der Waals surface area contributed by atoms with E-state index in [2.05, 4.69) is 16.4 Å². The molecule has 1 aliphatic carbocycles. The highest BCUT2D eigenvalue weighted by atomic mass is 35.5. The standard InChI is InChI=1S/C15H12ClN3/c16-12-4-2-5-13(8-12)18-15-11(9-17)7-10-3-1-6-14(10)19-15/h2,4-5,7-8H,1,3,6H2,(H,18,19). The quantitative estimate of drug-likeness (QED) is 0.901. The number of nitrogens with zero attached hydrogens (tertiary/aromatic N) is 2. The molecule has 0 aliphatic heterocycles. The molecule has 1 aliphatic rings. The Labute approximate surface area is 116 Å². The molecule has 0 fully saturated rings. The minimum atomic E-state index is 0.584. The van der Waals surface area contributed by atoms with Crippen molar-refractivity contribution in [1.82, 2.24) is 4.98 Å². The van der Waals surface area contributed by atoms with E-state index < -0.39 is 0 Å². The molecule has 4 heteroatoms. The first-order valence-corrected chi connectivity index (χ1v) is 6.59. The number of fused-ring (bicyclic) bond motifs is 1. The zero-order valence-electron chi connectivity index (χ0n) is 10.3. The number of nitriles is 1. The zero-order valence-corrected chi connectivity index (χ0v) is 11.0. The molecular formula is C15H12ClN3. The Balaban J connectivity index is 1.99. The normalized spacial score (nSPS) is 12.8. The van der Waals surface area contributed by atoms with E-state index in [0.717, 1.165) is 30.6 Å². The van der Waals surface area contributed by atoms with Crippen LogP contribution in [0.1, 0.15) is 23.2 Å². The summed E-state index contributed by atoms with van der Waals surface area (Å²) in [6.45, 7) is 0. The molecule has 2 aromatic rings. The van der Waals surface area contributed by atoms with Crippen LogP contribution in [-0.2, 0) is 12.8 Å². The van der Waals surface area contributed by atoms with Gasteiger partial charge in [0.25, 0.3) is 0 Å². The van der Waals surface area contributed by atoms with Crippen LogP contribution in [0.15, 0.2) is 30.3 Å². The van der Waals surface area contributed by atoms with Gasteiger partial charge in [0.2, 0.25) is 0 Å². The zero-order chi connectivity index (χ0) is 13.2. The lowest BCUT2D eigenvalue weighted by Gasteiger charge is -2.10. The van der Waals surface area contributed by atoms with Gasteiger partial charge in [0, 0.05) is 16.4 Å². The third kappa shape index (κ3) is 2.40. The lowest BCUT2D eigenvalue weighted by molar-refractivity contribution is 0.900. The summed E-state index contributed by atoms with van der Waals surface area (Å²) in [5, 5.41) is 13.1. The average molecular weight is 270 g/mol. The van der Waals surface area contributed by atoms with Crippen LogP contribution in [-0.4, -0.2) is 4.98 Å². The van der Waals surface area contributed by atoms with Gasteiger partial charge < -0.3 is 5.32 Å². The van der Waals surface area contributed by atoms with Gasteiger partial charge in [-0.05, 0) is 49.1 Å². The van der Waals surface area contributed by atoms with Crippen LogP contribution >= 0.6 is 11.6 Å². The Morgan fingerprint density at radius 3 is 2.95 bits per heavy atom. The van der Waals surface area contributed by atoms with Crippen LogP contribution in [0.2, 0.25) is 5.02 Å². The molecule has 0 saturated heterocycles. The fourth-order valence-corrected chi connectivity index (χ4v) is 2.55. The van der Waals surface area contributed by atoms with Crippen LogP contribution in [0.25, 0.3) is 0 Å². The van der Waals surface area contributed by atoms with Crippen LogP contribution in [0.4, 0.5) is 11.5 Å². The number of pyridine rings is 1. The summed E-state index contributed by atoms with van der Waals surface area (Å²) in [6.07, 6.45) is 3.13. The summed E-state index contributed by atoms with van der Waals surface area (Å²) < 4.78 is 0. The Bertz CT molecular complexity index is 674. The van der Waals surface area contributed by atoms with Gasteiger partial charge in [-0.1, -0.05) is 17.7 Å². The number of benzene rings is 1. The first-order chi connectivity index (χ1) is 9.26. The number of halogens is 1. The number of anilines is 2. The third-order valence-corrected chi connectivity index (χ3v) is 3.49. The summed E-state index contributed by atoms with van der Waals surface area (Å²) in [7, 11) is 0. The lowest BCUT2D eigenvalue weighted by atomic mass is 10.1. The van der Waals surface area contributed by atoms with Gasteiger partial charge in [-0.15, -0.1) is 0 Å². The monoisotopic (exact) mass is 269 g/mol. The molecule has 3 rings (SSSR count). The fraction of sp³-hybridized carbons (Fsp3) is 0.200. The molecule has 0 bridgehead atoms. The van der Waals surface area contributed by atoms with Crippen molar-refractivity contribution < 1.29 is 0 Å². The van der Waals surface area contributed by atoms with Crippen molar-refractivity contribution in [3.05, 3.63) is 52.2 Å². The van der Waals surface area contributed by atoms with E-state index in [1.54, 1.807) is 0 Å².